The van der Waals surface area contributed by atoms with E-state index in [0.717, 1.165) is 31.4 Å². The van der Waals surface area contributed by atoms with E-state index in [1.54, 1.807) is 12.1 Å². The molecule has 120 valence electrons. The fourth-order valence-electron chi connectivity index (χ4n) is 3.72. The fraction of sp³-hybridized carbons (Fsp3) is 0.421. The molecule has 0 spiro atoms. The van der Waals surface area contributed by atoms with Gasteiger partial charge in [0.2, 0.25) is 5.91 Å². The Hall–Kier alpha value is -1.81. The van der Waals surface area contributed by atoms with Crippen LogP contribution in [0, 0.1) is 12.8 Å². The second kappa shape index (κ2) is 5.68. The Morgan fingerprint density at radius 3 is 2.70 bits per heavy atom. The predicted molar refractivity (Wildman–Crippen MR) is 91.7 cm³/mol. The molecule has 4 heteroatoms. The van der Waals surface area contributed by atoms with Crippen molar-refractivity contribution in [1.82, 2.24) is 4.90 Å². The van der Waals surface area contributed by atoms with Gasteiger partial charge in [-0.1, -0.05) is 12.1 Å². The van der Waals surface area contributed by atoms with E-state index in [4.69, 9.17) is 0 Å². The monoisotopic (exact) mass is 327 g/mol. The molecule has 4 rings (SSSR count). The van der Waals surface area contributed by atoms with Crippen molar-refractivity contribution in [2.45, 2.75) is 38.1 Å². The molecule has 1 aromatic heterocycles. The summed E-state index contributed by atoms with van der Waals surface area (Å²) in [6.07, 6.45) is 3.08. The molecule has 2 aliphatic rings. The largest absolute Gasteiger partial charge is 0.508 e. The van der Waals surface area contributed by atoms with E-state index >= 15 is 0 Å². The lowest BCUT2D eigenvalue weighted by Gasteiger charge is -2.25. The van der Waals surface area contributed by atoms with Crippen molar-refractivity contribution in [3.8, 4) is 5.75 Å². The van der Waals surface area contributed by atoms with E-state index in [1.165, 1.54) is 9.75 Å². The average molecular weight is 327 g/mol. The number of phenolic OH excluding ortho intramolecular Hbond substituents is 1. The van der Waals surface area contributed by atoms with Crippen molar-refractivity contribution >= 4 is 17.2 Å². The number of nitrogens with zero attached hydrogens (tertiary/aromatic N) is 1. The third-order valence-corrected chi connectivity index (χ3v) is 6.18. The van der Waals surface area contributed by atoms with Gasteiger partial charge >= 0.3 is 0 Å². The molecule has 1 saturated carbocycles. The quantitative estimate of drug-likeness (QED) is 0.916. The van der Waals surface area contributed by atoms with E-state index in [9.17, 15) is 9.90 Å². The Morgan fingerprint density at radius 1 is 1.22 bits per heavy atom. The van der Waals surface area contributed by atoms with Crippen LogP contribution in [0.5, 0.6) is 5.75 Å². The van der Waals surface area contributed by atoms with Gasteiger partial charge in [-0.15, -0.1) is 11.3 Å². The van der Waals surface area contributed by atoms with Crippen molar-refractivity contribution < 1.29 is 9.90 Å². The molecule has 2 fully saturated rings. The number of likely N-dealkylation sites (tertiary alicyclic amines) is 1. The number of phenols is 1. The Balaban J connectivity index is 1.49. The molecule has 0 radical (unpaired) electrons. The van der Waals surface area contributed by atoms with Gasteiger partial charge in [-0.2, -0.15) is 0 Å². The van der Waals surface area contributed by atoms with Crippen LogP contribution < -0.4 is 0 Å². The lowest BCUT2D eigenvalue weighted by atomic mass is 10.0. The SMILES string of the molecule is Cc1ccc([C@@H]2C[C@H]2C(=O)N2CCC[C@@H]2c2ccc(O)cc2)s1. The minimum Gasteiger partial charge on any atom is -0.508 e. The maximum absolute atomic E-state index is 12.9. The van der Waals surface area contributed by atoms with Crippen LogP contribution in [-0.4, -0.2) is 22.5 Å². The summed E-state index contributed by atoms with van der Waals surface area (Å²) in [5.74, 6) is 1.20. The van der Waals surface area contributed by atoms with Crippen molar-refractivity contribution in [3.63, 3.8) is 0 Å². The van der Waals surface area contributed by atoms with Gasteiger partial charge in [0.1, 0.15) is 5.75 Å². The van der Waals surface area contributed by atoms with E-state index in [2.05, 4.69) is 24.0 Å². The van der Waals surface area contributed by atoms with E-state index in [0.29, 0.717) is 11.8 Å². The predicted octanol–water partition coefficient (Wildman–Crippen LogP) is 4.23. The number of aromatic hydroxyl groups is 1. The number of carbonyl (C=O) groups is 1. The number of thiophene rings is 1. The molecule has 1 amide bonds. The summed E-state index contributed by atoms with van der Waals surface area (Å²) >= 11 is 1.82. The number of carbonyl (C=O) groups excluding carboxylic acids is 1. The molecule has 1 N–H and O–H groups in total. The molecule has 1 aromatic carbocycles. The number of benzene rings is 1. The third kappa shape index (κ3) is 2.76. The summed E-state index contributed by atoms with van der Waals surface area (Å²) < 4.78 is 0. The average Bonchev–Trinajstić information content (AvgIpc) is 2.98. The second-order valence-electron chi connectivity index (χ2n) is 6.68. The summed E-state index contributed by atoms with van der Waals surface area (Å²) in [6.45, 7) is 2.98. The highest BCUT2D eigenvalue weighted by Crippen LogP contribution is 2.51. The van der Waals surface area contributed by atoms with Gasteiger partial charge in [-0.25, -0.2) is 0 Å². The van der Waals surface area contributed by atoms with Gasteiger partial charge in [0.05, 0.1) is 6.04 Å². The number of amides is 1. The molecular weight excluding hydrogens is 306 g/mol. The zero-order valence-corrected chi connectivity index (χ0v) is 14.1. The van der Waals surface area contributed by atoms with Crippen LogP contribution in [0.15, 0.2) is 36.4 Å². The first-order valence-corrected chi connectivity index (χ1v) is 9.11. The Kier molecular flexibility index (Phi) is 3.64. The molecular formula is C19H21NO2S. The summed E-state index contributed by atoms with van der Waals surface area (Å²) in [6, 6.07) is 11.8. The standard InChI is InChI=1S/C19H21NO2S/c1-12-4-9-18(23-12)15-11-16(15)19(22)20-10-2-3-17(20)13-5-7-14(21)8-6-13/h4-9,15-17,21H,2-3,10-11H2,1H3/t15-,16-,17-/m1/s1. The number of aryl methyl sites for hydroxylation is 1. The first-order chi connectivity index (χ1) is 11.1. The molecule has 0 unspecified atom stereocenters. The van der Waals surface area contributed by atoms with Gasteiger partial charge in [-0.3, -0.25) is 4.79 Å². The van der Waals surface area contributed by atoms with Gasteiger partial charge in [0, 0.05) is 28.1 Å². The summed E-state index contributed by atoms with van der Waals surface area (Å²) in [5, 5.41) is 9.46. The van der Waals surface area contributed by atoms with Crippen LogP contribution in [0.25, 0.3) is 0 Å². The van der Waals surface area contributed by atoms with E-state index < -0.39 is 0 Å². The first kappa shape index (κ1) is 14.8. The maximum atomic E-state index is 12.9. The van der Waals surface area contributed by atoms with Crippen LogP contribution in [0.1, 0.15) is 46.5 Å². The normalized spacial score (nSPS) is 26.5. The highest BCUT2D eigenvalue weighted by Gasteiger charge is 2.48. The molecule has 1 aliphatic heterocycles. The van der Waals surface area contributed by atoms with E-state index in [1.807, 2.05) is 23.5 Å². The van der Waals surface area contributed by atoms with Crippen molar-refractivity contribution in [2.75, 3.05) is 6.54 Å². The lowest BCUT2D eigenvalue weighted by Crippen LogP contribution is -2.32. The molecule has 1 aliphatic carbocycles. The van der Waals surface area contributed by atoms with Crippen LogP contribution in [-0.2, 0) is 4.79 Å². The highest BCUT2D eigenvalue weighted by molar-refractivity contribution is 7.12. The van der Waals surface area contributed by atoms with Crippen molar-refractivity contribution in [2.24, 2.45) is 5.92 Å². The molecule has 3 atom stereocenters. The molecule has 2 heterocycles. The molecule has 2 aromatic rings. The van der Waals surface area contributed by atoms with Crippen LogP contribution in [0.3, 0.4) is 0 Å². The minimum atomic E-state index is 0.172. The van der Waals surface area contributed by atoms with Crippen LogP contribution >= 0.6 is 11.3 Å². The third-order valence-electron chi connectivity index (χ3n) is 5.05. The van der Waals surface area contributed by atoms with Crippen molar-refractivity contribution in [1.29, 1.82) is 0 Å². The fourth-order valence-corrected chi connectivity index (χ4v) is 4.78. The van der Waals surface area contributed by atoms with Gasteiger partial charge in [-0.05, 0) is 56.0 Å². The summed E-state index contributed by atoms with van der Waals surface area (Å²) in [7, 11) is 0. The molecule has 23 heavy (non-hydrogen) atoms. The van der Waals surface area contributed by atoms with Crippen LogP contribution in [0.4, 0.5) is 0 Å². The Morgan fingerprint density at radius 2 is 2.00 bits per heavy atom. The highest BCUT2D eigenvalue weighted by atomic mass is 32.1. The zero-order valence-electron chi connectivity index (χ0n) is 13.2. The number of rotatable bonds is 3. The number of hydrogen-bond donors (Lipinski definition) is 1. The zero-order chi connectivity index (χ0) is 16.0. The topological polar surface area (TPSA) is 40.5 Å². The number of hydrogen-bond acceptors (Lipinski definition) is 3. The van der Waals surface area contributed by atoms with Gasteiger partial charge < -0.3 is 10.0 Å². The van der Waals surface area contributed by atoms with Gasteiger partial charge in [0.25, 0.3) is 0 Å². The van der Waals surface area contributed by atoms with Crippen molar-refractivity contribution in [3.05, 3.63) is 51.7 Å². The molecule has 3 nitrogen and oxygen atoms in total. The summed E-state index contributed by atoms with van der Waals surface area (Å²) in [4.78, 5) is 17.7. The Bertz CT molecular complexity index is 721. The maximum Gasteiger partial charge on any atom is 0.226 e. The lowest BCUT2D eigenvalue weighted by molar-refractivity contribution is -0.133. The minimum absolute atomic E-state index is 0.172. The Labute approximate surface area is 140 Å². The van der Waals surface area contributed by atoms with Crippen LogP contribution in [0.2, 0.25) is 0 Å². The second-order valence-corrected chi connectivity index (χ2v) is 8.00. The van der Waals surface area contributed by atoms with Gasteiger partial charge in [0.15, 0.2) is 0 Å². The smallest absolute Gasteiger partial charge is 0.226 e. The first-order valence-electron chi connectivity index (χ1n) is 8.29. The summed E-state index contributed by atoms with van der Waals surface area (Å²) in [5.41, 5.74) is 1.14. The molecule has 1 saturated heterocycles. The molecule has 0 bridgehead atoms. The van der Waals surface area contributed by atoms with E-state index in [-0.39, 0.29) is 17.7 Å².